The molecule has 0 aliphatic carbocycles. The van der Waals surface area contributed by atoms with Gasteiger partial charge in [-0.1, -0.05) is 12.1 Å². The number of piperidine rings is 1. The Labute approximate surface area is 164 Å². The maximum absolute atomic E-state index is 12.8. The van der Waals surface area contributed by atoms with Crippen molar-refractivity contribution in [2.45, 2.75) is 38.3 Å². The van der Waals surface area contributed by atoms with Crippen LogP contribution in [0.3, 0.4) is 0 Å². The van der Waals surface area contributed by atoms with Crippen LogP contribution in [-0.2, 0) is 22.6 Å². The number of hydrogen-bond acceptors (Lipinski definition) is 5. The third-order valence-corrected chi connectivity index (χ3v) is 6.08. The largest absolute Gasteiger partial charge is 0.633 e. The number of fused-ring (bicyclic) bond motifs is 1. The molecule has 1 aromatic carbocycles. The van der Waals surface area contributed by atoms with Crippen LogP contribution in [0.25, 0.3) is 0 Å². The van der Waals surface area contributed by atoms with Crippen molar-refractivity contribution in [2.24, 2.45) is 0 Å². The summed E-state index contributed by atoms with van der Waals surface area (Å²) in [5.41, 5.74) is 2.66. The van der Waals surface area contributed by atoms with E-state index in [2.05, 4.69) is 10.6 Å². The fraction of sp³-hybridized carbons (Fsp3) is 0.550. The van der Waals surface area contributed by atoms with E-state index in [4.69, 9.17) is 0 Å². The monoisotopic (exact) mass is 386 g/mol. The van der Waals surface area contributed by atoms with Crippen molar-refractivity contribution in [3.8, 4) is 0 Å². The summed E-state index contributed by atoms with van der Waals surface area (Å²) in [4.78, 5) is 38.0. The van der Waals surface area contributed by atoms with Gasteiger partial charge in [-0.25, -0.2) is 0 Å². The van der Waals surface area contributed by atoms with Gasteiger partial charge in [-0.15, -0.1) is 0 Å². The average Bonchev–Trinajstić information content (AvgIpc) is 3.00. The first kappa shape index (κ1) is 19.0. The standard InChI is InChI=1S/C20H26N4O4/c25-18-7-6-17(19(26)22-18)23-13-16-14(3-1-5-15(16)20(23)27)4-2-10-24(28)11-8-21-9-12-24/h1,3,5,17,21H,2,4,6-13H2,(H,22,25,26). The third-order valence-electron chi connectivity index (χ3n) is 6.08. The van der Waals surface area contributed by atoms with Crippen LogP contribution in [0.1, 0.15) is 40.7 Å². The molecule has 3 heterocycles. The van der Waals surface area contributed by atoms with E-state index in [-0.39, 0.29) is 22.9 Å². The summed E-state index contributed by atoms with van der Waals surface area (Å²) in [7, 11) is 0. The molecule has 0 saturated carbocycles. The first-order valence-corrected chi connectivity index (χ1v) is 10.0. The number of quaternary nitrogens is 1. The van der Waals surface area contributed by atoms with Gasteiger partial charge in [-0.3, -0.25) is 19.7 Å². The maximum atomic E-state index is 12.8. The Morgan fingerprint density at radius 2 is 1.96 bits per heavy atom. The van der Waals surface area contributed by atoms with Crippen LogP contribution in [-0.4, -0.2) is 66.0 Å². The zero-order valence-corrected chi connectivity index (χ0v) is 15.9. The highest BCUT2D eigenvalue weighted by Crippen LogP contribution is 2.30. The zero-order valence-electron chi connectivity index (χ0n) is 15.9. The molecule has 28 heavy (non-hydrogen) atoms. The van der Waals surface area contributed by atoms with Crippen LogP contribution in [0.5, 0.6) is 0 Å². The SMILES string of the molecule is O=C1CCC(N2Cc3c(CCC[N+]4([O-])CCNCC4)cccc3C2=O)C(=O)N1. The molecule has 0 radical (unpaired) electrons. The van der Waals surface area contributed by atoms with Gasteiger partial charge < -0.3 is 20.1 Å². The molecule has 0 aromatic heterocycles. The quantitative estimate of drug-likeness (QED) is 0.431. The van der Waals surface area contributed by atoms with Crippen molar-refractivity contribution in [1.82, 2.24) is 15.5 Å². The van der Waals surface area contributed by atoms with Gasteiger partial charge in [-0.05, 0) is 30.0 Å². The van der Waals surface area contributed by atoms with Gasteiger partial charge in [0.2, 0.25) is 11.8 Å². The minimum atomic E-state index is -0.596. The fourth-order valence-corrected chi connectivity index (χ4v) is 4.47. The Hall–Kier alpha value is -2.29. The van der Waals surface area contributed by atoms with Gasteiger partial charge in [0.05, 0.1) is 19.6 Å². The molecule has 8 heteroatoms. The lowest BCUT2D eigenvalue weighted by Crippen LogP contribution is -2.55. The third kappa shape index (κ3) is 3.67. The normalized spacial score (nSPS) is 24.2. The van der Waals surface area contributed by atoms with E-state index < -0.39 is 11.9 Å². The van der Waals surface area contributed by atoms with Gasteiger partial charge in [0.1, 0.15) is 6.04 Å². The molecule has 150 valence electrons. The Kier molecular flexibility index (Phi) is 5.18. The summed E-state index contributed by atoms with van der Waals surface area (Å²) in [5, 5.41) is 18.2. The van der Waals surface area contributed by atoms with E-state index >= 15 is 0 Å². The van der Waals surface area contributed by atoms with Crippen LogP contribution >= 0.6 is 0 Å². The summed E-state index contributed by atoms with van der Waals surface area (Å²) in [6.07, 6.45) is 2.13. The predicted molar refractivity (Wildman–Crippen MR) is 102 cm³/mol. The second-order valence-electron chi connectivity index (χ2n) is 7.93. The highest BCUT2D eigenvalue weighted by atomic mass is 16.5. The minimum Gasteiger partial charge on any atom is -0.633 e. The number of hydroxylamine groups is 3. The Morgan fingerprint density at radius 1 is 1.18 bits per heavy atom. The van der Waals surface area contributed by atoms with Crippen LogP contribution in [0.4, 0.5) is 0 Å². The fourth-order valence-electron chi connectivity index (χ4n) is 4.47. The Balaban J connectivity index is 1.44. The number of carbonyl (C=O) groups is 3. The summed E-state index contributed by atoms with van der Waals surface area (Å²) in [5.74, 6) is -0.829. The van der Waals surface area contributed by atoms with E-state index in [0.29, 0.717) is 38.2 Å². The first-order valence-electron chi connectivity index (χ1n) is 10.0. The van der Waals surface area contributed by atoms with Crippen molar-refractivity contribution in [3.05, 3.63) is 40.1 Å². The topological polar surface area (TPSA) is 102 Å². The minimum absolute atomic E-state index is 0.149. The number of nitrogens with zero attached hydrogens (tertiary/aromatic N) is 2. The molecule has 2 fully saturated rings. The number of amides is 3. The molecule has 8 nitrogen and oxygen atoms in total. The van der Waals surface area contributed by atoms with Crippen molar-refractivity contribution >= 4 is 17.7 Å². The van der Waals surface area contributed by atoms with Gasteiger partial charge >= 0.3 is 0 Å². The number of nitrogens with one attached hydrogen (secondary N) is 2. The van der Waals surface area contributed by atoms with Gasteiger partial charge in [0.15, 0.2) is 0 Å². The van der Waals surface area contributed by atoms with E-state index in [1.54, 1.807) is 11.0 Å². The van der Waals surface area contributed by atoms with Gasteiger partial charge in [0, 0.05) is 38.0 Å². The molecule has 1 aromatic rings. The smallest absolute Gasteiger partial charge is 0.255 e. The lowest BCUT2D eigenvalue weighted by Gasteiger charge is -2.45. The second-order valence-corrected chi connectivity index (χ2v) is 7.93. The highest BCUT2D eigenvalue weighted by molar-refractivity contribution is 6.05. The van der Waals surface area contributed by atoms with E-state index in [1.807, 2.05) is 12.1 Å². The molecule has 3 amide bonds. The number of rotatable bonds is 5. The number of imide groups is 1. The maximum Gasteiger partial charge on any atom is 0.255 e. The van der Waals surface area contributed by atoms with Crippen molar-refractivity contribution in [2.75, 3.05) is 32.7 Å². The van der Waals surface area contributed by atoms with Crippen molar-refractivity contribution in [1.29, 1.82) is 0 Å². The molecule has 2 N–H and O–H groups in total. The number of carbonyl (C=O) groups excluding carboxylic acids is 3. The molecule has 3 aliphatic heterocycles. The first-order chi connectivity index (χ1) is 13.5. The summed E-state index contributed by atoms with van der Waals surface area (Å²) in [6, 6.07) is 5.08. The van der Waals surface area contributed by atoms with Crippen molar-refractivity contribution in [3.63, 3.8) is 0 Å². The molecule has 1 atom stereocenters. The second kappa shape index (κ2) is 7.62. The number of aryl methyl sites for hydroxylation is 1. The van der Waals surface area contributed by atoms with Crippen LogP contribution in [0.15, 0.2) is 18.2 Å². The van der Waals surface area contributed by atoms with E-state index in [9.17, 15) is 19.6 Å². The molecule has 4 rings (SSSR count). The summed E-state index contributed by atoms with van der Waals surface area (Å²) < 4.78 is -0.149. The molecule has 0 bridgehead atoms. The highest BCUT2D eigenvalue weighted by Gasteiger charge is 2.39. The molecule has 3 aliphatic rings. The Morgan fingerprint density at radius 3 is 2.71 bits per heavy atom. The molecular weight excluding hydrogens is 360 g/mol. The summed E-state index contributed by atoms with van der Waals surface area (Å²) in [6.45, 7) is 3.71. The lowest BCUT2D eigenvalue weighted by atomic mass is 9.99. The van der Waals surface area contributed by atoms with E-state index in [1.165, 1.54) is 0 Å². The molecule has 1 unspecified atom stereocenters. The molecule has 2 saturated heterocycles. The number of piperazine rings is 1. The molecule has 0 spiro atoms. The van der Waals surface area contributed by atoms with Crippen LogP contribution < -0.4 is 10.6 Å². The van der Waals surface area contributed by atoms with Crippen LogP contribution in [0.2, 0.25) is 0 Å². The zero-order chi connectivity index (χ0) is 19.7. The Bertz CT molecular complexity index is 803. The average molecular weight is 386 g/mol. The van der Waals surface area contributed by atoms with Crippen LogP contribution in [0, 0.1) is 5.21 Å². The van der Waals surface area contributed by atoms with Gasteiger partial charge in [0.25, 0.3) is 5.91 Å². The summed E-state index contributed by atoms with van der Waals surface area (Å²) >= 11 is 0. The van der Waals surface area contributed by atoms with Crippen molar-refractivity contribution < 1.29 is 19.0 Å². The number of hydrogen-bond donors (Lipinski definition) is 2. The predicted octanol–water partition coefficient (Wildman–Crippen LogP) is 0.298. The lowest BCUT2D eigenvalue weighted by molar-refractivity contribution is -0.882. The molecular formula is C20H26N4O4. The van der Waals surface area contributed by atoms with E-state index in [0.717, 1.165) is 37.1 Å². The number of benzene rings is 1. The van der Waals surface area contributed by atoms with Gasteiger partial charge in [-0.2, -0.15) is 0 Å².